The smallest absolute Gasteiger partial charge is 0.237 e. The molecule has 4 rings (SSSR count). The highest BCUT2D eigenvalue weighted by Gasteiger charge is 2.16. The van der Waals surface area contributed by atoms with E-state index in [0.29, 0.717) is 46.9 Å². The van der Waals surface area contributed by atoms with Gasteiger partial charge < -0.3 is 9.26 Å². The summed E-state index contributed by atoms with van der Waals surface area (Å²) in [6.07, 6.45) is 3.43. The maximum atomic E-state index is 13.8. The van der Waals surface area contributed by atoms with Crippen LogP contribution in [0, 0.1) is 12.7 Å². The van der Waals surface area contributed by atoms with Crippen molar-refractivity contribution in [1.29, 1.82) is 0 Å². The standard InChI is InChI=1S/C20H19FN6O2S/c1-13-3-4-15(11-16(13)21)18-23-17(29-26-18)12-30-20-25-24-19(27(20)9-10-28-2)14-5-7-22-8-6-14/h3-8,11H,9-10,12H2,1-2H3. The van der Waals surface area contributed by atoms with Crippen molar-refractivity contribution >= 4 is 11.8 Å². The molecular formula is C20H19FN6O2S. The Balaban J connectivity index is 1.52. The molecule has 0 spiro atoms. The molecule has 0 aliphatic rings. The third-order valence-corrected chi connectivity index (χ3v) is 5.35. The van der Waals surface area contributed by atoms with E-state index in [2.05, 4.69) is 25.3 Å². The van der Waals surface area contributed by atoms with Gasteiger partial charge in [-0.2, -0.15) is 4.98 Å². The largest absolute Gasteiger partial charge is 0.383 e. The molecule has 8 nitrogen and oxygen atoms in total. The number of ether oxygens (including phenoxy) is 1. The molecule has 3 aromatic heterocycles. The molecule has 0 unspecified atom stereocenters. The second-order valence-electron chi connectivity index (χ2n) is 6.45. The Morgan fingerprint density at radius 1 is 1.13 bits per heavy atom. The van der Waals surface area contributed by atoms with Crippen molar-refractivity contribution in [2.24, 2.45) is 0 Å². The fourth-order valence-corrected chi connectivity index (χ4v) is 3.59. The Bertz CT molecular complexity index is 1130. The zero-order valence-electron chi connectivity index (χ0n) is 16.4. The van der Waals surface area contributed by atoms with E-state index in [4.69, 9.17) is 9.26 Å². The predicted molar refractivity (Wildman–Crippen MR) is 109 cm³/mol. The average Bonchev–Trinajstić information content (AvgIpc) is 3.40. The Morgan fingerprint density at radius 2 is 1.97 bits per heavy atom. The number of nitrogens with zero attached hydrogens (tertiary/aromatic N) is 6. The number of methoxy groups -OCH3 is 1. The van der Waals surface area contributed by atoms with Crippen LogP contribution in [0.2, 0.25) is 0 Å². The van der Waals surface area contributed by atoms with Crippen LogP contribution in [0.1, 0.15) is 11.5 Å². The van der Waals surface area contributed by atoms with Gasteiger partial charge in [-0.25, -0.2) is 4.39 Å². The van der Waals surface area contributed by atoms with Gasteiger partial charge in [0.15, 0.2) is 11.0 Å². The maximum Gasteiger partial charge on any atom is 0.237 e. The van der Waals surface area contributed by atoms with Gasteiger partial charge in [-0.05, 0) is 30.7 Å². The molecule has 154 valence electrons. The number of thioether (sulfide) groups is 1. The highest BCUT2D eigenvalue weighted by atomic mass is 32.2. The van der Waals surface area contributed by atoms with Gasteiger partial charge in [0.2, 0.25) is 11.7 Å². The van der Waals surface area contributed by atoms with Gasteiger partial charge in [0.05, 0.1) is 18.9 Å². The van der Waals surface area contributed by atoms with Crippen LogP contribution >= 0.6 is 11.8 Å². The summed E-state index contributed by atoms with van der Waals surface area (Å²) in [5.41, 5.74) is 2.06. The van der Waals surface area contributed by atoms with Gasteiger partial charge in [0.1, 0.15) is 5.82 Å². The first kappa shape index (κ1) is 20.2. The van der Waals surface area contributed by atoms with Crippen LogP contribution in [0.3, 0.4) is 0 Å². The molecule has 10 heteroatoms. The molecule has 1 aromatic carbocycles. The molecule has 0 atom stereocenters. The van der Waals surface area contributed by atoms with E-state index in [9.17, 15) is 4.39 Å². The lowest BCUT2D eigenvalue weighted by molar-refractivity contribution is 0.185. The first-order valence-electron chi connectivity index (χ1n) is 9.20. The zero-order valence-corrected chi connectivity index (χ0v) is 17.3. The fourth-order valence-electron chi connectivity index (χ4n) is 2.78. The summed E-state index contributed by atoms with van der Waals surface area (Å²) in [7, 11) is 1.65. The lowest BCUT2D eigenvalue weighted by Gasteiger charge is -2.08. The van der Waals surface area contributed by atoms with Crippen LogP contribution in [0.4, 0.5) is 4.39 Å². The molecular weight excluding hydrogens is 407 g/mol. The molecule has 0 amide bonds. The molecule has 30 heavy (non-hydrogen) atoms. The molecule has 0 saturated carbocycles. The summed E-state index contributed by atoms with van der Waals surface area (Å²) in [6, 6.07) is 8.62. The highest BCUT2D eigenvalue weighted by molar-refractivity contribution is 7.98. The number of aromatic nitrogens is 6. The van der Waals surface area contributed by atoms with Gasteiger partial charge >= 0.3 is 0 Å². The van der Waals surface area contributed by atoms with E-state index < -0.39 is 0 Å². The minimum atomic E-state index is -0.303. The summed E-state index contributed by atoms with van der Waals surface area (Å²) in [5.74, 6) is 1.61. The van der Waals surface area contributed by atoms with Crippen molar-refractivity contribution in [1.82, 2.24) is 29.9 Å². The number of hydrogen-bond donors (Lipinski definition) is 0. The van der Waals surface area contributed by atoms with E-state index in [0.717, 1.165) is 11.4 Å². The Labute approximate surface area is 176 Å². The second kappa shape index (κ2) is 9.14. The number of hydrogen-bond acceptors (Lipinski definition) is 8. The number of rotatable bonds is 8. The SMILES string of the molecule is COCCn1c(SCc2nc(-c3ccc(C)c(F)c3)no2)nnc1-c1ccncc1. The van der Waals surface area contributed by atoms with Crippen LogP contribution in [0.25, 0.3) is 22.8 Å². The molecule has 0 bridgehead atoms. The van der Waals surface area contributed by atoms with Gasteiger partial charge in [-0.1, -0.05) is 29.1 Å². The normalized spacial score (nSPS) is 11.2. The van der Waals surface area contributed by atoms with Crippen molar-refractivity contribution in [3.8, 4) is 22.8 Å². The summed E-state index contributed by atoms with van der Waals surface area (Å²) in [6.45, 7) is 2.83. The van der Waals surface area contributed by atoms with Gasteiger partial charge in [-0.3, -0.25) is 9.55 Å². The van der Waals surface area contributed by atoms with E-state index in [1.165, 1.54) is 17.8 Å². The summed E-state index contributed by atoms with van der Waals surface area (Å²) in [5, 5.41) is 13.3. The Kier molecular flexibility index (Phi) is 6.15. The maximum absolute atomic E-state index is 13.8. The molecule has 0 N–H and O–H groups in total. The monoisotopic (exact) mass is 426 g/mol. The van der Waals surface area contributed by atoms with Crippen molar-refractivity contribution in [2.45, 2.75) is 24.4 Å². The van der Waals surface area contributed by atoms with E-state index in [-0.39, 0.29) is 5.82 Å². The van der Waals surface area contributed by atoms with Crippen LogP contribution in [-0.4, -0.2) is 43.6 Å². The summed E-state index contributed by atoms with van der Waals surface area (Å²) >= 11 is 1.43. The molecule has 0 saturated heterocycles. The number of benzene rings is 1. The van der Waals surface area contributed by atoms with Crippen molar-refractivity contribution in [3.63, 3.8) is 0 Å². The average molecular weight is 426 g/mol. The molecule has 0 aliphatic heterocycles. The molecule has 0 radical (unpaired) electrons. The number of halogens is 1. The van der Waals surface area contributed by atoms with Crippen molar-refractivity contribution < 1.29 is 13.7 Å². The predicted octanol–water partition coefficient (Wildman–Crippen LogP) is 3.78. The van der Waals surface area contributed by atoms with E-state index in [1.54, 1.807) is 38.6 Å². The van der Waals surface area contributed by atoms with Gasteiger partial charge in [0, 0.05) is 30.6 Å². The first-order chi connectivity index (χ1) is 14.7. The first-order valence-corrected chi connectivity index (χ1v) is 10.2. The Hall–Kier alpha value is -3.11. The number of pyridine rings is 1. The van der Waals surface area contributed by atoms with E-state index in [1.807, 2.05) is 16.7 Å². The van der Waals surface area contributed by atoms with Crippen molar-refractivity contribution in [2.75, 3.05) is 13.7 Å². The lowest BCUT2D eigenvalue weighted by Crippen LogP contribution is -2.07. The van der Waals surface area contributed by atoms with Crippen LogP contribution < -0.4 is 0 Å². The molecule has 3 heterocycles. The Morgan fingerprint density at radius 3 is 2.73 bits per heavy atom. The minimum Gasteiger partial charge on any atom is -0.383 e. The second-order valence-corrected chi connectivity index (χ2v) is 7.39. The summed E-state index contributed by atoms with van der Waals surface area (Å²) < 4.78 is 26.3. The minimum absolute atomic E-state index is 0.303. The quantitative estimate of drug-likeness (QED) is 0.393. The third kappa shape index (κ3) is 4.39. The lowest BCUT2D eigenvalue weighted by atomic mass is 10.1. The van der Waals surface area contributed by atoms with E-state index >= 15 is 0 Å². The fraction of sp³-hybridized carbons (Fsp3) is 0.250. The highest BCUT2D eigenvalue weighted by Crippen LogP contribution is 2.27. The molecule has 4 aromatic rings. The van der Waals surface area contributed by atoms with Crippen molar-refractivity contribution in [3.05, 3.63) is 60.0 Å². The van der Waals surface area contributed by atoms with Crippen LogP contribution in [0.5, 0.6) is 0 Å². The summed E-state index contributed by atoms with van der Waals surface area (Å²) in [4.78, 5) is 8.41. The van der Waals surface area contributed by atoms with Crippen LogP contribution in [-0.2, 0) is 17.0 Å². The molecule has 0 aliphatic carbocycles. The topological polar surface area (TPSA) is 91.8 Å². The third-order valence-electron chi connectivity index (χ3n) is 4.40. The number of aryl methyl sites for hydroxylation is 1. The van der Waals surface area contributed by atoms with Gasteiger partial charge in [0.25, 0.3) is 0 Å². The van der Waals surface area contributed by atoms with Crippen LogP contribution in [0.15, 0.2) is 52.4 Å². The molecule has 0 fully saturated rings. The zero-order chi connectivity index (χ0) is 20.9. The van der Waals surface area contributed by atoms with Gasteiger partial charge in [-0.15, -0.1) is 10.2 Å².